The van der Waals surface area contributed by atoms with Crippen molar-refractivity contribution in [2.75, 3.05) is 46.1 Å². The molecule has 2 unspecified atom stereocenters. The first kappa shape index (κ1) is 19.8. The highest BCUT2D eigenvalue weighted by molar-refractivity contribution is 5.72. The van der Waals surface area contributed by atoms with Crippen LogP contribution < -0.4 is 10.5 Å². The highest BCUT2D eigenvalue weighted by Crippen LogP contribution is 2.58. The molecule has 2 aliphatic carbocycles. The average molecular weight is 407 g/mol. The smallest absolute Gasteiger partial charge is 0.124 e. The van der Waals surface area contributed by atoms with Gasteiger partial charge in [0.2, 0.25) is 0 Å². The Morgan fingerprint density at radius 3 is 2.53 bits per heavy atom. The third-order valence-corrected chi connectivity index (χ3v) is 7.50. The highest BCUT2D eigenvalue weighted by atomic mass is 16.5. The molecule has 2 aromatic rings. The molecule has 2 heterocycles. The predicted molar refractivity (Wildman–Crippen MR) is 122 cm³/mol. The lowest BCUT2D eigenvalue weighted by atomic mass is 9.86. The van der Waals surface area contributed by atoms with Crippen molar-refractivity contribution >= 4 is 5.82 Å². The zero-order chi connectivity index (χ0) is 20.7. The quantitative estimate of drug-likeness (QED) is 0.783. The number of hydrogen-bond donors (Lipinski definition) is 1. The number of nitrogens with zero attached hydrogens (tertiary/aromatic N) is 3. The van der Waals surface area contributed by atoms with E-state index >= 15 is 0 Å². The van der Waals surface area contributed by atoms with E-state index in [1.165, 1.54) is 61.9 Å². The predicted octanol–water partition coefficient (Wildman–Crippen LogP) is 4.10. The maximum atomic E-state index is 6.40. The fourth-order valence-electron chi connectivity index (χ4n) is 5.88. The van der Waals surface area contributed by atoms with Gasteiger partial charge >= 0.3 is 0 Å². The van der Waals surface area contributed by atoms with E-state index in [-0.39, 0.29) is 0 Å². The molecule has 5 heteroatoms. The number of benzene rings is 1. The molecule has 160 valence electrons. The Labute approximate surface area is 180 Å². The van der Waals surface area contributed by atoms with Gasteiger partial charge in [0.1, 0.15) is 18.2 Å². The van der Waals surface area contributed by atoms with Crippen LogP contribution in [0, 0.1) is 0 Å². The van der Waals surface area contributed by atoms with Crippen LogP contribution in [0.1, 0.15) is 55.1 Å². The number of aromatic nitrogens is 1. The van der Waals surface area contributed by atoms with Gasteiger partial charge < -0.3 is 15.4 Å². The van der Waals surface area contributed by atoms with E-state index < -0.39 is 0 Å². The second kappa shape index (κ2) is 8.20. The first-order chi connectivity index (χ1) is 14.6. The summed E-state index contributed by atoms with van der Waals surface area (Å²) in [6, 6.07) is 11.1. The molecule has 0 radical (unpaired) electrons. The monoisotopic (exact) mass is 406 g/mol. The molecule has 1 aromatic heterocycles. The second-order valence-corrected chi connectivity index (χ2v) is 9.48. The minimum atomic E-state index is 0.586. The number of pyridine rings is 1. The summed E-state index contributed by atoms with van der Waals surface area (Å²) < 4.78 is 6.40. The summed E-state index contributed by atoms with van der Waals surface area (Å²) in [6.07, 6.45) is 6.36. The van der Waals surface area contributed by atoms with E-state index in [1.807, 2.05) is 12.1 Å². The first-order valence-electron chi connectivity index (χ1n) is 11.5. The van der Waals surface area contributed by atoms with Crippen LogP contribution in [0.15, 0.2) is 30.3 Å². The Morgan fingerprint density at radius 2 is 1.80 bits per heavy atom. The van der Waals surface area contributed by atoms with Crippen molar-refractivity contribution in [3.05, 3.63) is 41.5 Å². The van der Waals surface area contributed by atoms with Gasteiger partial charge in [-0.05, 0) is 101 Å². The summed E-state index contributed by atoms with van der Waals surface area (Å²) in [5, 5.41) is 0. The van der Waals surface area contributed by atoms with Gasteiger partial charge in [0, 0.05) is 23.7 Å². The Morgan fingerprint density at radius 1 is 1.03 bits per heavy atom. The Balaban J connectivity index is 1.30. The Hall–Kier alpha value is -2.11. The van der Waals surface area contributed by atoms with Crippen molar-refractivity contribution < 1.29 is 4.74 Å². The minimum Gasteiger partial charge on any atom is -0.492 e. The molecular weight excluding hydrogens is 372 g/mol. The van der Waals surface area contributed by atoms with Crippen molar-refractivity contribution in [3.63, 3.8) is 0 Å². The molecule has 2 fully saturated rings. The van der Waals surface area contributed by atoms with Gasteiger partial charge in [-0.3, -0.25) is 4.90 Å². The molecular formula is C25H34N4O. The van der Waals surface area contributed by atoms with Crippen LogP contribution in [-0.4, -0.2) is 61.2 Å². The van der Waals surface area contributed by atoms with Gasteiger partial charge in [0.15, 0.2) is 0 Å². The number of fused-ring (bicyclic) bond motifs is 5. The van der Waals surface area contributed by atoms with Crippen LogP contribution in [0.4, 0.5) is 5.82 Å². The van der Waals surface area contributed by atoms with Crippen molar-refractivity contribution in [2.45, 2.75) is 50.0 Å². The summed E-state index contributed by atoms with van der Waals surface area (Å²) in [7, 11) is 4.39. The van der Waals surface area contributed by atoms with E-state index in [0.29, 0.717) is 17.7 Å². The third kappa shape index (κ3) is 3.69. The molecule has 1 aliphatic heterocycles. The number of ether oxygens (including phenoxy) is 1. The van der Waals surface area contributed by atoms with Crippen molar-refractivity contribution in [3.8, 4) is 17.0 Å². The molecule has 3 aliphatic rings. The fourth-order valence-corrected chi connectivity index (χ4v) is 5.88. The van der Waals surface area contributed by atoms with Crippen LogP contribution in [0.25, 0.3) is 11.3 Å². The van der Waals surface area contributed by atoms with Crippen LogP contribution >= 0.6 is 0 Å². The van der Waals surface area contributed by atoms with Crippen LogP contribution in [0.2, 0.25) is 0 Å². The standard InChI is InChI=1S/C25H34N4O/c1-28(2)19-10-12-29(13-11-19)14-15-30-22-9-8-20(21-4-3-5-23(26)27-21)24-17-6-7-18(16-17)25(22)24/h3-5,8-9,17-19H,6-7,10-16H2,1-2H3,(H2,26,27). The van der Waals surface area contributed by atoms with Gasteiger partial charge in [-0.15, -0.1) is 0 Å². The maximum Gasteiger partial charge on any atom is 0.124 e. The van der Waals surface area contributed by atoms with Crippen molar-refractivity contribution in [2.24, 2.45) is 0 Å². The zero-order valence-electron chi connectivity index (χ0n) is 18.3. The highest BCUT2D eigenvalue weighted by Gasteiger charge is 2.41. The van der Waals surface area contributed by atoms with Crippen molar-refractivity contribution in [1.29, 1.82) is 0 Å². The van der Waals surface area contributed by atoms with Gasteiger partial charge in [-0.2, -0.15) is 0 Å². The number of rotatable bonds is 6. The second-order valence-electron chi connectivity index (χ2n) is 9.48. The zero-order valence-corrected chi connectivity index (χ0v) is 18.3. The third-order valence-electron chi connectivity index (χ3n) is 7.50. The summed E-state index contributed by atoms with van der Waals surface area (Å²) in [5.74, 6) is 2.99. The lowest BCUT2D eigenvalue weighted by molar-refractivity contribution is 0.128. The fraction of sp³-hybridized carbons (Fsp3) is 0.560. The van der Waals surface area contributed by atoms with Gasteiger partial charge in [0.25, 0.3) is 0 Å². The van der Waals surface area contributed by atoms with Crippen LogP contribution in [0.3, 0.4) is 0 Å². The Bertz CT molecular complexity index is 904. The normalized spacial score (nSPS) is 23.8. The number of nitrogen functional groups attached to an aromatic ring is 1. The molecule has 30 heavy (non-hydrogen) atoms. The molecule has 2 bridgehead atoms. The lowest BCUT2D eigenvalue weighted by Crippen LogP contribution is -2.43. The van der Waals surface area contributed by atoms with Crippen LogP contribution in [0.5, 0.6) is 5.75 Å². The molecule has 5 nitrogen and oxygen atoms in total. The lowest BCUT2D eigenvalue weighted by Gasteiger charge is -2.35. The minimum absolute atomic E-state index is 0.586. The molecule has 1 aromatic carbocycles. The molecule has 5 rings (SSSR count). The number of anilines is 1. The topological polar surface area (TPSA) is 54.6 Å². The van der Waals surface area contributed by atoms with Crippen LogP contribution in [-0.2, 0) is 0 Å². The maximum absolute atomic E-state index is 6.40. The first-order valence-corrected chi connectivity index (χ1v) is 11.5. The van der Waals surface area contributed by atoms with E-state index in [1.54, 1.807) is 0 Å². The number of hydrogen-bond acceptors (Lipinski definition) is 5. The summed E-state index contributed by atoms with van der Waals surface area (Å²) in [4.78, 5) is 9.52. The average Bonchev–Trinajstić information content (AvgIpc) is 3.37. The molecule has 1 saturated heterocycles. The van der Waals surface area contributed by atoms with E-state index in [0.717, 1.165) is 30.6 Å². The summed E-state index contributed by atoms with van der Waals surface area (Å²) in [5.41, 5.74) is 11.2. The van der Waals surface area contributed by atoms with E-state index in [9.17, 15) is 0 Å². The Kier molecular flexibility index (Phi) is 5.42. The van der Waals surface area contributed by atoms with Gasteiger partial charge in [-0.25, -0.2) is 4.98 Å². The number of piperidine rings is 1. The van der Waals surface area contributed by atoms with Gasteiger partial charge in [-0.1, -0.05) is 6.07 Å². The van der Waals surface area contributed by atoms with Gasteiger partial charge in [0.05, 0.1) is 5.69 Å². The molecule has 0 amide bonds. The molecule has 2 atom stereocenters. The van der Waals surface area contributed by atoms with Crippen molar-refractivity contribution in [1.82, 2.24) is 14.8 Å². The molecule has 1 saturated carbocycles. The number of nitrogens with two attached hydrogens (primary N) is 1. The summed E-state index contributed by atoms with van der Waals surface area (Å²) >= 11 is 0. The molecule has 2 N–H and O–H groups in total. The van der Waals surface area contributed by atoms with E-state index in [4.69, 9.17) is 10.5 Å². The van der Waals surface area contributed by atoms with E-state index in [2.05, 4.69) is 47.1 Å². The molecule has 0 spiro atoms. The number of likely N-dealkylation sites (tertiary alicyclic amines) is 1. The largest absolute Gasteiger partial charge is 0.492 e. The summed E-state index contributed by atoms with van der Waals surface area (Å²) in [6.45, 7) is 4.14. The SMILES string of the molecule is CN(C)C1CCN(CCOc2ccc(-c3cccc(N)n3)c3c2C2CCC3C2)CC1.